The highest BCUT2D eigenvalue weighted by Crippen LogP contribution is 2.36. The second kappa shape index (κ2) is 10.3. The number of rotatable bonds is 7. The van der Waals surface area contributed by atoms with Crippen LogP contribution in [0.2, 0.25) is 0 Å². The van der Waals surface area contributed by atoms with Gasteiger partial charge in [-0.2, -0.15) is 0 Å². The van der Waals surface area contributed by atoms with Gasteiger partial charge in [-0.05, 0) is 68.2 Å². The number of sulfonamides is 1. The first-order valence-corrected chi connectivity index (χ1v) is 13.8. The molecule has 0 saturated carbocycles. The molecule has 36 heavy (non-hydrogen) atoms. The van der Waals surface area contributed by atoms with Crippen molar-refractivity contribution in [3.8, 4) is 5.75 Å². The Hall–Kier alpha value is -3.36. The predicted molar refractivity (Wildman–Crippen MR) is 139 cm³/mol. The zero-order valence-electron chi connectivity index (χ0n) is 20.4. The average Bonchev–Trinajstić information content (AvgIpc) is 3.40. The number of aryl methyl sites for hydroxylation is 1. The highest BCUT2D eigenvalue weighted by Gasteiger charge is 2.37. The minimum Gasteiger partial charge on any atom is -0.476 e. The molecule has 0 unspecified atom stereocenters. The van der Waals surface area contributed by atoms with Crippen molar-refractivity contribution < 1.29 is 17.9 Å². The fourth-order valence-electron chi connectivity index (χ4n) is 4.77. The average molecular weight is 506 g/mol. The zero-order chi connectivity index (χ0) is 25.1. The van der Waals surface area contributed by atoms with E-state index in [1.54, 1.807) is 48.5 Å². The molecule has 5 rings (SSSR count). The molecule has 0 radical (unpaired) electrons. The fraction of sp³-hybridized carbons (Fsp3) is 0.321. The Bertz CT molecular complexity index is 1330. The standard InChI is InChI=1S/C28H31N3O4S/c1-21-12-14-24(15-13-21)36(33,34)31-20-27(35-26-11-5-4-10-25(26)31)28(32)29-18-22-8-2-3-9-23(22)19-30-16-6-7-17-30/h2-5,8-15,27H,6-7,16-20H2,1H3,(H,29,32)/t27-/m0/s1. The number of carbonyl (C=O) groups excluding carboxylic acids is 1. The maximum absolute atomic E-state index is 13.6. The number of hydrogen-bond donors (Lipinski definition) is 1. The molecule has 2 heterocycles. The van der Waals surface area contributed by atoms with E-state index < -0.39 is 16.1 Å². The molecule has 1 atom stereocenters. The molecule has 8 heteroatoms. The van der Waals surface area contributed by atoms with Crippen LogP contribution in [0.5, 0.6) is 5.75 Å². The van der Waals surface area contributed by atoms with Gasteiger partial charge in [0.15, 0.2) is 6.10 Å². The van der Waals surface area contributed by atoms with Crippen LogP contribution in [0.1, 0.15) is 29.5 Å². The lowest BCUT2D eigenvalue weighted by Gasteiger charge is -2.34. The summed E-state index contributed by atoms with van der Waals surface area (Å²) >= 11 is 0. The Balaban J connectivity index is 1.34. The molecular formula is C28H31N3O4S. The number of para-hydroxylation sites is 2. The minimum absolute atomic E-state index is 0.103. The largest absolute Gasteiger partial charge is 0.476 e. The van der Waals surface area contributed by atoms with Crippen LogP contribution in [0.25, 0.3) is 0 Å². The van der Waals surface area contributed by atoms with Crippen molar-refractivity contribution in [1.29, 1.82) is 0 Å². The number of hydrogen-bond acceptors (Lipinski definition) is 5. The van der Waals surface area contributed by atoms with Gasteiger partial charge in [0.1, 0.15) is 5.75 Å². The summed E-state index contributed by atoms with van der Waals surface area (Å²) in [7, 11) is -3.88. The summed E-state index contributed by atoms with van der Waals surface area (Å²) < 4.78 is 34.4. The van der Waals surface area contributed by atoms with Crippen molar-refractivity contribution in [3.05, 3.63) is 89.5 Å². The summed E-state index contributed by atoms with van der Waals surface area (Å²) in [6, 6.07) is 21.8. The molecule has 1 fully saturated rings. The molecule has 2 aliphatic rings. The van der Waals surface area contributed by atoms with Crippen molar-refractivity contribution in [2.45, 2.75) is 43.9 Å². The van der Waals surface area contributed by atoms with Gasteiger partial charge in [-0.3, -0.25) is 14.0 Å². The summed E-state index contributed by atoms with van der Waals surface area (Å²) in [5, 5.41) is 2.98. The van der Waals surface area contributed by atoms with E-state index in [2.05, 4.69) is 16.3 Å². The van der Waals surface area contributed by atoms with E-state index in [4.69, 9.17) is 4.74 Å². The second-order valence-electron chi connectivity index (χ2n) is 9.39. The third kappa shape index (κ3) is 5.10. The Kier molecular flexibility index (Phi) is 6.98. The number of ether oxygens (including phenoxy) is 1. The van der Waals surface area contributed by atoms with Gasteiger partial charge in [0.05, 0.1) is 17.1 Å². The Morgan fingerprint density at radius 2 is 1.61 bits per heavy atom. The second-order valence-corrected chi connectivity index (χ2v) is 11.3. The molecular weight excluding hydrogens is 474 g/mol. The minimum atomic E-state index is -3.88. The van der Waals surface area contributed by atoms with E-state index in [9.17, 15) is 13.2 Å². The molecule has 0 aliphatic carbocycles. The number of anilines is 1. The molecule has 1 N–H and O–H groups in total. The van der Waals surface area contributed by atoms with Gasteiger partial charge in [0.25, 0.3) is 15.9 Å². The summed E-state index contributed by atoms with van der Waals surface area (Å²) in [5.74, 6) is 0.0265. The maximum Gasteiger partial charge on any atom is 0.264 e. The van der Waals surface area contributed by atoms with Crippen LogP contribution in [0.3, 0.4) is 0 Å². The topological polar surface area (TPSA) is 79.0 Å². The lowest BCUT2D eigenvalue weighted by molar-refractivity contribution is -0.127. The quantitative estimate of drug-likeness (QED) is 0.528. The first-order valence-electron chi connectivity index (χ1n) is 12.3. The molecule has 0 spiro atoms. The van der Waals surface area contributed by atoms with Gasteiger partial charge in [0, 0.05) is 13.1 Å². The Morgan fingerprint density at radius 3 is 2.36 bits per heavy atom. The summed E-state index contributed by atoms with van der Waals surface area (Å²) in [6.45, 7) is 5.22. The molecule has 188 valence electrons. The first kappa shape index (κ1) is 24.3. The molecule has 2 aliphatic heterocycles. The van der Waals surface area contributed by atoms with Gasteiger partial charge in [-0.25, -0.2) is 8.42 Å². The van der Waals surface area contributed by atoms with E-state index in [1.807, 2.05) is 25.1 Å². The molecule has 0 bridgehead atoms. The SMILES string of the molecule is Cc1ccc(S(=O)(=O)N2C[C@@H](C(=O)NCc3ccccc3CN3CCCC3)Oc3ccccc32)cc1. The zero-order valence-corrected chi connectivity index (χ0v) is 21.2. The van der Waals surface area contributed by atoms with Crippen LogP contribution in [0.15, 0.2) is 77.7 Å². The van der Waals surface area contributed by atoms with Crippen LogP contribution < -0.4 is 14.4 Å². The molecule has 7 nitrogen and oxygen atoms in total. The highest BCUT2D eigenvalue weighted by atomic mass is 32.2. The van der Waals surface area contributed by atoms with E-state index >= 15 is 0 Å². The smallest absolute Gasteiger partial charge is 0.264 e. The van der Waals surface area contributed by atoms with Crippen LogP contribution in [-0.4, -0.2) is 45.0 Å². The molecule has 1 amide bonds. The number of nitrogens with zero attached hydrogens (tertiary/aromatic N) is 2. The number of amides is 1. The predicted octanol–water partition coefficient (Wildman–Crippen LogP) is 3.86. The third-order valence-electron chi connectivity index (χ3n) is 6.80. The summed E-state index contributed by atoms with van der Waals surface area (Å²) in [6.07, 6.45) is 1.48. The molecule has 0 aromatic heterocycles. The highest BCUT2D eigenvalue weighted by molar-refractivity contribution is 7.92. The number of fused-ring (bicyclic) bond motifs is 1. The third-order valence-corrected chi connectivity index (χ3v) is 8.59. The van der Waals surface area contributed by atoms with Crippen molar-refractivity contribution in [2.75, 3.05) is 23.9 Å². The van der Waals surface area contributed by atoms with Gasteiger partial charge in [0.2, 0.25) is 0 Å². The van der Waals surface area contributed by atoms with E-state index in [-0.39, 0.29) is 17.3 Å². The number of benzene rings is 3. The van der Waals surface area contributed by atoms with Gasteiger partial charge in [-0.1, -0.05) is 54.1 Å². The van der Waals surface area contributed by atoms with Crippen molar-refractivity contribution in [2.24, 2.45) is 0 Å². The van der Waals surface area contributed by atoms with Crippen molar-refractivity contribution >= 4 is 21.6 Å². The van der Waals surface area contributed by atoms with Crippen LogP contribution in [-0.2, 0) is 27.9 Å². The van der Waals surface area contributed by atoms with E-state index in [1.165, 1.54) is 22.7 Å². The normalized spacial score (nSPS) is 17.9. The lowest BCUT2D eigenvalue weighted by atomic mass is 10.1. The van der Waals surface area contributed by atoms with Crippen LogP contribution in [0, 0.1) is 6.92 Å². The van der Waals surface area contributed by atoms with Crippen LogP contribution >= 0.6 is 0 Å². The summed E-state index contributed by atoms with van der Waals surface area (Å²) in [4.78, 5) is 15.8. The van der Waals surface area contributed by atoms with E-state index in [0.717, 1.165) is 30.8 Å². The number of nitrogens with one attached hydrogen (secondary N) is 1. The van der Waals surface area contributed by atoms with Gasteiger partial charge in [-0.15, -0.1) is 0 Å². The number of likely N-dealkylation sites (tertiary alicyclic amines) is 1. The molecule has 1 saturated heterocycles. The van der Waals surface area contributed by atoms with Crippen molar-refractivity contribution in [1.82, 2.24) is 10.2 Å². The van der Waals surface area contributed by atoms with E-state index in [0.29, 0.717) is 18.0 Å². The first-order chi connectivity index (χ1) is 17.4. The van der Waals surface area contributed by atoms with Gasteiger partial charge >= 0.3 is 0 Å². The van der Waals surface area contributed by atoms with Gasteiger partial charge < -0.3 is 10.1 Å². The van der Waals surface area contributed by atoms with Crippen LogP contribution in [0.4, 0.5) is 5.69 Å². The lowest BCUT2D eigenvalue weighted by Crippen LogP contribution is -2.50. The fourth-order valence-corrected chi connectivity index (χ4v) is 6.24. The van der Waals surface area contributed by atoms with Crippen molar-refractivity contribution in [3.63, 3.8) is 0 Å². The Labute approximate surface area is 212 Å². The Morgan fingerprint density at radius 1 is 0.944 bits per heavy atom. The monoisotopic (exact) mass is 505 g/mol. The summed E-state index contributed by atoms with van der Waals surface area (Å²) in [5.41, 5.74) is 3.65. The molecule has 3 aromatic carbocycles. The maximum atomic E-state index is 13.6. The molecule has 3 aromatic rings. The number of carbonyl (C=O) groups is 1.